The summed E-state index contributed by atoms with van der Waals surface area (Å²) in [4.78, 5) is 23.4. The lowest BCUT2D eigenvalue weighted by atomic mass is 9.83. The highest BCUT2D eigenvalue weighted by atomic mass is 16.5. The second kappa shape index (κ2) is 18.8. The Labute approximate surface area is 187 Å². The van der Waals surface area contributed by atoms with Gasteiger partial charge in [0.2, 0.25) is 5.91 Å². The van der Waals surface area contributed by atoms with Crippen molar-refractivity contribution in [3.05, 3.63) is 0 Å². The summed E-state index contributed by atoms with van der Waals surface area (Å²) in [5.74, 6) is 2.03. The number of amides is 1. The Kier molecular flexibility index (Phi) is 18.2. The molecule has 2 aliphatic carbocycles. The first-order chi connectivity index (χ1) is 14.6. The molecule has 0 unspecified atom stereocenters. The van der Waals surface area contributed by atoms with E-state index in [-0.39, 0.29) is 19.3 Å². The highest BCUT2D eigenvalue weighted by Gasteiger charge is 2.25. The Balaban J connectivity index is 0. The number of nitrogens with one attached hydrogen (secondary N) is 1. The summed E-state index contributed by atoms with van der Waals surface area (Å²) in [5, 5.41) is 3.12. The van der Waals surface area contributed by atoms with Crippen molar-refractivity contribution >= 4 is 11.7 Å². The monoisotopic (exact) mass is 429 g/mol. The fourth-order valence-electron chi connectivity index (χ4n) is 4.33. The molecule has 0 saturated heterocycles. The summed E-state index contributed by atoms with van der Waals surface area (Å²) < 4.78 is 11.0. The highest BCUT2D eigenvalue weighted by molar-refractivity contribution is 5.78. The van der Waals surface area contributed by atoms with Gasteiger partial charge in [0.1, 0.15) is 5.78 Å². The second-order valence-corrected chi connectivity index (χ2v) is 8.25. The molecular formula is C25H51NO4. The van der Waals surface area contributed by atoms with Crippen LogP contribution in [-0.4, -0.2) is 44.7 Å². The lowest BCUT2D eigenvalue weighted by Crippen LogP contribution is -2.38. The maximum Gasteiger partial charge on any atom is 0.220 e. The zero-order valence-electron chi connectivity index (χ0n) is 20.6. The van der Waals surface area contributed by atoms with E-state index in [4.69, 9.17) is 9.47 Å². The van der Waals surface area contributed by atoms with E-state index in [9.17, 15) is 9.59 Å². The Morgan fingerprint density at radius 3 is 1.90 bits per heavy atom. The van der Waals surface area contributed by atoms with Gasteiger partial charge in [-0.25, -0.2) is 0 Å². The lowest BCUT2D eigenvalue weighted by molar-refractivity contribution is -0.123. The van der Waals surface area contributed by atoms with E-state index in [2.05, 4.69) is 5.32 Å². The van der Waals surface area contributed by atoms with Crippen LogP contribution in [-0.2, 0) is 19.1 Å². The molecule has 0 aromatic rings. The van der Waals surface area contributed by atoms with Crippen LogP contribution in [0, 0.1) is 17.8 Å². The molecular weight excluding hydrogens is 378 g/mol. The molecule has 0 aromatic heterocycles. The number of methoxy groups -OCH3 is 1. The molecule has 0 aromatic carbocycles. The van der Waals surface area contributed by atoms with Gasteiger partial charge in [0, 0.05) is 46.7 Å². The third-order valence-electron chi connectivity index (χ3n) is 6.08. The molecule has 0 aliphatic heterocycles. The maximum absolute atomic E-state index is 12.0. The van der Waals surface area contributed by atoms with Gasteiger partial charge in [-0.05, 0) is 76.5 Å². The normalized spacial score (nSPS) is 25.8. The van der Waals surface area contributed by atoms with E-state index in [0.717, 1.165) is 51.2 Å². The SMILES string of the molecule is CC.CC.COCC1CCC(COCCCC(=O)NC2CCC(C(C)=O)CC2)CC1.[HH]. The van der Waals surface area contributed by atoms with Crippen LogP contribution in [0.1, 0.15) is 100 Å². The molecule has 2 saturated carbocycles. The van der Waals surface area contributed by atoms with Crippen LogP contribution in [0.3, 0.4) is 0 Å². The number of ketones is 1. The van der Waals surface area contributed by atoms with Gasteiger partial charge in [-0.15, -0.1) is 0 Å². The summed E-state index contributed by atoms with van der Waals surface area (Å²) in [6.07, 6.45) is 9.96. The van der Waals surface area contributed by atoms with Gasteiger partial charge in [-0.1, -0.05) is 27.7 Å². The Hall–Kier alpha value is -0.940. The zero-order chi connectivity index (χ0) is 22.8. The average molecular weight is 430 g/mol. The highest BCUT2D eigenvalue weighted by Crippen LogP contribution is 2.29. The van der Waals surface area contributed by atoms with Crippen molar-refractivity contribution < 1.29 is 20.5 Å². The van der Waals surface area contributed by atoms with Crippen LogP contribution in [0.2, 0.25) is 0 Å². The molecule has 0 spiro atoms. The van der Waals surface area contributed by atoms with Crippen LogP contribution in [0.15, 0.2) is 0 Å². The van der Waals surface area contributed by atoms with Crippen LogP contribution in [0.4, 0.5) is 0 Å². The largest absolute Gasteiger partial charge is 0.384 e. The van der Waals surface area contributed by atoms with E-state index in [1.54, 1.807) is 14.0 Å². The fourth-order valence-corrected chi connectivity index (χ4v) is 4.33. The van der Waals surface area contributed by atoms with E-state index < -0.39 is 0 Å². The first kappa shape index (κ1) is 29.1. The van der Waals surface area contributed by atoms with Gasteiger partial charge in [-0.2, -0.15) is 0 Å². The minimum atomic E-state index is 0. The number of ether oxygens (including phenoxy) is 2. The Bertz CT molecular complexity index is 431. The van der Waals surface area contributed by atoms with Crippen molar-refractivity contribution in [2.24, 2.45) is 17.8 Å². The predicted molar refractivity (Wildman–Crippen MR) is 127 cm³/mol. The third-order valence-corrected chi connectivity index (χ3v) is 6.08. The summed E-state index contributed by atoms with van der Waals surface area (Å²) in [5.41, 5.74) is 0. The van der Waals surface area contributed by atoms with Crippen LogP contribution >= 0.6 is 0 Å². The first-order valence-corrected chi connectivity index (χ1v) is 12.4. The first-order valence-electron chi connectivity index (χ1n) is 12.4. The topological polar surface area (TPSA) is 64.6 Å². The molecule has 0 heterocycles. The second-order valence-electron chi connectivity index (χ2n) is 8.25. The van der Waals surface area contributed by atoms with Gasteiger partial charge >= 0.3 is 0 Å². The maximum atomic E-state index is 12.0. The van der Waals surface area contributed by atoms with E-state index in [0.29, 0.717) is 24.7 Å². The molecule has 2 rings (SSSR count). The van der Waals surface area contributed by atoms with Crippen molar-refractivity contribution in [3.8, 4) is 0 Å². The van der Waals surface area contributed by atoms with Crippen molar-refractivity contribution in [2.45, 2.75) is 105 Å². The van der Waals surface area contributed by atoms with Crippen molar-refractivity contribution in [2.75, 3.05) is 26.9 Å². The molecule has 5 nitrogen and oxygen atoms in total. The molecule has 2 fully saturated rings. The van der Waals surface area contributed by atoms with Crippen molar-refractivity contribution in [1.29, 1.82) is 0 Å². The van der Waals surface area contributed by atoms with Gasteiger partial charge in [-0.3, -0.25) is 9.59 Å². The standard InChI is InChI=1S/C21H37NO4.2C2H6.H2/c1-16(23)19-9-11-20(12-10-19)22-21(24)4-3-13-26-15-18-7-5-17(6-8-18)14-25-2;2*1-2;/h17-20H,3-15H2,1-2H3,(H,22,24);2*1-2H3;1H. The summed E-state index contributed by atoms with van der Waals surface area (Å²) in [6, 6.07) is 0.251. The lowest BCUT2D eigenvalue weighted by Gasteiger charge is -2.28. The minimum absolute atomic E-state index is 0. The van der Waals surface area contributed by atoms with Crippen molar-refractivity contribution in [1.82, 2.24) is 5.32 Å². The smallest absolute Gasteiger partial charge is 0.220 e. The number of rotatable bonds is 10. The summed E-state index contributed by atoms with van der Waals surface area (Å²) in [7, 11) is 1.78. The van der Waals surface area contributed by atoms with Crippen LogP contribution in [0.5, 0.6) is 0 Å². The minimum Gasteiger partial charge on any atom is -0.384 e. The Morgan fingerprint density at radius 2 is 1.40 bits per heavy atom. The molecule has 1 N–H and O–H groups in total. The molecule has 30 heavy (non-hydrogen) atoms. The number of hydrogen-bond donors (Lipinski definition) is 1. The molecule has 0 bridgehead atoms. The fraction of sp³-hybridized carbons (Fsp3) is 0.920. The molecule has 5 heteroatoms. The number of carbonyl (C=O) groups excluding carboxylic acids is 2. The van der Waals surface area contributed by atoms with Gasteiger partial charge < -0.3 is 14.8 Å². The summed E-state index contributed by atoms with van der Waals surface area (Å²) in [6.45, 7) is 12.1. The molecule has 0 radical (unpaired) electrons. The third kappa shape index (κ3) is 12.7. The van der Waals surface area contributed by atoms with Crippen LogP contribution in [0.25, 0.3) is 0 Å². The quantitative estimate of drug-likeness (QED) is 0.446. The van der Waals surface area contributed by atoms with E-state index >= 15 is 0 Å². The Morgan fingerprint density at radius 1 is 0.867 bits per heavy atom. The number of carbonyl (C=O) groups is 2. The van der Waals surface area contributed by atoms with Crippen molar-refractivity contribution in [3.63, 3.8) is 0 Å². The number of Topliss-reactive ketones (excluding diaryl/α,β-unsaturated/α-hetero) is 1. The molecule has 1 amide bonds. The zero-order valence-corrected chi connectivity index (χ0v) is 20.6. The number of hydrogen-bond acceptors (Lipinski definition) is 4. The van der Waals surface area contributed by atoms with E-state index in [1.165, 1.54) is 25.7 Å². The average Bonchev–Trinajstić information content (AvgIpc) is 2.78. The van der Waals surface area contributed by atoms with Gasteiger partial charge in [0.05, 0.1) is 0 Å². The molecule has 0 atom stereocenters. The van der Waals surface area contributed by atoms with E-state index in [1.807, 2.05) is 27.7 Å². The predicted octanol–water partition coefficient (Wildman–Crippen LogP) is 5.80. The summed E-state index contributed by atoms with van der Waals surface area (Å²) >= 11 is 0. The van der Waals surface area contributed by atoms with Gasteiger partial charge in [0.25, 0.3) is 0 Å². The molecule has 2 aliphatic rings. The van der Waals surface area contributed by atoms with Crippen LogP contribution < -0.4 is 5.32 Å². The molecule has 180 valence electrons. The van der Waals surface area contributed by atoms with Gasteiger partial charge in [0.15, 0.2) is 0 Å².